The maximum Gasteiger partial charge on any atom is 0.302 e. The summed E-state index contributed by atoms with van der Waals surface area (Å²) >= 11 is 0. The zero-order chi connectivity index (χ0) is 23.5. The number of carbonyl (C=O) groups is 2. The molecule has 0 atom stereocenters. The Labute approximate surface area is 189 Å². The highest BCUT2D eigenvalue weighted by Gasteiger charge is 2.37. The molecule has 1 aliphatic carbocycles. The summed E-state index contributed by atoms with van der Waals surface area (Å²) in [5.74, 6) is -0.523. The molecule has 0 aromatic heterocycles. The lowest BCUT2D eigenvalue weighted by Crippen LogP contribution is -2.31. The van der Waals surface area contributed by atoms with E-state index >= 15 is 0 Å². The van der Waals surface area contributed by atoms with Crippen molar-refractivity contribution in [3.63, 3.8) is 0 Å². The number of aryl methyl sites for hydroxylation is 2. The van der Waals surface area contributed by atoms with E-state index in [0.717, 1.165) is 54.4 Å². The van der Waals surface area contributed by atoms with Crippen molar-refractivity contribution < 1.29 is 29.3 Å². The van der Waals surface area contributed by atoms with Crippen molar-refractivity contribution in [2.24, 2.45) is 0 Å². The first-order chi connectivity index (χ1) is 15.1. The third-order valence-corrected chi connectivity index (χ3v) is 6.43. The number of aromatic hydroxyl groups is 2. The molecular formula is C26H32O6. The lowest BCUT2D eigenvalue weighted by atomic mass is 9.64. The number of hydrogen-bond acceptors (Lipinski definition) is 6. The van der Waals surface area contributed by atoms with Crippen molar-refractivity contribution in [1.82, 2.24) is 0 Å². The van der Waals surface area contributed by atoms with Crippen LogP contribution in [0.1, 0.15) is 79.3 Å². The van der Waals surface area contributed by atoms with E-state index < -0.39 is 11.9 Å². The molecule has 1 saturated carbocycles. The van der Waals surface area contributed by atoms with Crippen molar-refractivity contribution >= 4 is 11.9 Å². The first kappa shape index (κ1) is 23.6. The van der Waals surface area contributed by atoms with Crippen LogP contribution in [-0.2, 0) is 37.7 Å². The minimum atomic E-state index is -0.399. The number of esters is 2. The molecule has 1 fully saturated rings. The Balaban J connectivity index is 2.14. The molecule has 6 nitrogen and oxygen atoms in total. The van der Waals surface area contributed by atoms with Crippen LogP contribution in [-0.4, -0.2) is 22.2 Å². The Morgan fingerprint density at radius 2 is 1.19 bits per heavy atom. The first-order valence-corrected chi connectivity index (χ1v) is 11.1. The monoisotopic (exact) mass is 440 g/mol. The molecule has 172 valence electrons. The van der Waals surface area contributed by atoms with Gasteiger partial charge in [0, 0.05) is 30.4 Å². The van der Waals surface area contributed by atoms with Crippen LogP contribution in [0.4, 0.5) is 0 Å². The Hall–Kier alpha value is -3.02. The van der Waals surface area contributed by atoms with Crippen molar-refractivity contribution in [2.75, 3.05) is 0 Å². The number of benzene rings is 2. The molecule has 0 aliphatic heterocycles. The molecule has 2 aromatic carbocycles. The van der Waals surface area contributed by atoms with E-state index in [1.807, 2.05) is 38.1 Å². The minimum absolute atomic E-state index is 0.0121. The maximum atomic E-state index is 11.3. The fraction of sp³-hybridized carbons (Fsp3) is 0.462. The molecule has 6 heteroatoms. The molecule has 0 unspecified atom stereocenters. The van der Waals surface area contributed by atoms with Gasteiger partial charge >= 0.3 is 11.9 Å². The third-order valence-electron chi connectivity index (χ3n) is 6.43. The zero-order valence-corrected chi connectivity index (χ0v) is 19.3. The molecule has 0 radical (unpaired) electrons. The van der Waals surface area contributed by atoms with Gasteiger partial charge in [0.25, 0.3) is 0 Å². The van der Waals surface area contributed by atoms with Gasteiger partial charge in [-0.15, -0.1) is 0 Å². The number of hydrogen-bond donors (Lipinski definition) is 2. The molecule has 32 heavy (non-hydrogen) atoms. The maximum absolute atomic E-state index is 11.3. The second-order valence-electron chi connectivity index (χ2n) is 8.81. The number of phenols is 2. The highest BCUT2D eigenvalue weighted by atomic mass is 16.5. The highest BCUT2D eigenvalue weighted by molar-refractivity contribution is 5.66. The third kappa shape index (κ3) is 4.90. The van der Waals surface area contributed by atoms with Crippen molar-refractivity contribution in [1.29, 1.82) is 0 Å². The van der Waals surface area contributed by atoms with Crippen LogP contribution >= 0.6 is 0 Å². The van der Waals surface area contributed by atoms with Gasteiger partial charge in [-0.3, -0.25) is 9.59 Å². The SMILES string of the molecule is CC(=O)OCc1cc(C2(c3cc(C)c(O)c(COC(C)=O)c3)CCCCC2)cc(C)c1O. The number of ether oxygens (including phenoxy) is 2. The molecule has 0 bridgehead atoms. The average Bonchev–Trinajstić information content (AvgIpc) is 2.75. The van der Waals surface area contributed by atoms with Crippen molar-refractivity contribution in [3.05, 3.63) is 57.6 Å². The first-order valence-electron chi connectivity index (χ1n) is 11.1. The quantitative estimate of drug-likeness (QED) is 0.608. The summed E-state index contributed by atoms with van der Waals surface area (Å²) in [6, 6.07) is 7.88. The van der Waals surface area contributed by atoms with Gasteiger partial charge in [-0.25, -0.2) is 0 Å². The van der Waals surface area contributed by atoms with Crippen molar-refractivity contribution in [3.8, 4) is 11.5 Å². The van der Waals surface area contributed by atoms with Gasteiger partial charge in [-0.05, 0) is 61.1 Å². The predicted molar refractivity (Wildman–Crippen MR) is 120 cm³/mol. The number of rotatable bonds is 6. The normalized spacial score (nSPS) is 15.2. The molecule has 2 aromatic rings. The van der Waals surface area contributed by atoms with E-state index in [4.69, 9.17) is 9.47 Å². The van der Waals surface area contributed by atoms with E-state index in [0.29, 0.717) is 11.1 Å². The largest absolute Gasteiger partial charge is 0.507 e. The van der Waals surface area contributed by atoms with Crippen LogP contribution in [0.25, 0.3) is 0 Å². The minimum Gasteiger partial charge on any atom is -0.507 e. The van der Waals surface area contributed by atoms with E-state index in [1.165, 1.54) is 13.8 Å². The van der Waals surface area contributed by atoms with Crippen LogP contribution in [0.15, 0.2) is 24.3 Å². The second-order valence-corrected chi connectivity index (χ2v) is 8.81. The fourth-order valence-corrected chi connectivity index (χ4v) is 4.74. The smallest absolute Gasteiger partial charge is 0.302 e. The molecule has 1 aliphatic rings. The Morgan fingerprint density at radius 1 is 0.781 bits per heavy atom. The van der Waals surface area contributed by atoms with Gasteiger partial charge < -0.3 is 19.7 Å². The van der Waals surface area contributed by atoms with Gasteiger partial charge in [0.05, 0.1) is 0 Å². The van der Waals surface area contributed by atoms with Crippen LogP contribution in [0, 0.1) is 13.8 Å². The standard InChI is InChI=1S/C26H32O6/c1-16-10-22(12-20(24(16)29)14-31-18(3)27)26(8-6-5-7-9-26)23-11-17(2)25(30)21(13-23)15-32-19(4)28/h10-13,29-30H,5-9,14-15H2,1-4H3. The van der Waals surface area contributed by atoms with Crippen molar-refractivity contribution in [2.45, 2.75) is 78.4 Å². The van der Waals surface area contributed by atoms with Crippen LogP contribution in [0.5, 0.6) is 11.5 Å². The van der Waals surface area contributed by atoms with E-state index in [2.05, 4.69) is 0 Å². The fourth-order valence-electron chi connectivity index (χ4n) is 4.74. The summed E-state index contributed by atoms with van der Waals surface area (Å²) in [4.78, 5) is 22.7. The molecule has 0 heterocycles. The van der Waals surface area contributed by atoms with Gasteiger partial charge in [0.15, 0.2) is 0 Å². The summed E-state index contributed by atoms with van der Waals surface area (Å²) in [5, 5.41) is 21.1. The molecular weight excluding hydrogens is 408 g/mol. The summed E-state index contributed by atoms with van der Waals surface area (Å²) in [5.41, 5.74) is 4.41. The van der Waals surface area contributed by atoms with E-state index in [-0.39, 0.29) is 30.1 Å². The Morgan fingerprint density at radius 3 is 1.56 bits per heavy atom. The topological polar surface area (TPSA) is 93.1 Å². The lowest BCUT2D eigenvalue weighted by molar-refractivity contribution is -0.143. The van der Waals surface area contributed by atoms with Crippen LogP contribution < -0.4 is 0 Å². The summed E-state index contributed by atoms with van der Waals surface area (Å²) in [6.45, 7) is 6.42. The molecule has 3 rings (SSSR count). The van der Waals surface area contributed by atoms with Gasteiger partial charge in [0.1, 0.15) is 24.7 Å². The molecule has 0 saturated heterocycles. The van der Waals surface area contributed by atoms with Gasteiger partial charge in [-0.2, -0.15) is 0 Å². The average molecular weight is 441 g/mol. The highest BCUT2D eigenvalue weighted by Crippen LogP contribution is 2.47. The predicted octanol–water partition coefficient (Wildman–Crippen LogP) is 5.09. The lowest BCUT2D eigenvalue weighted by Gasteiger charge is -2.39. The van der Waals surface area contributed by atoms with Gasteiger partial charge in [0.2, 0.25) is 0 Å². The summed E-state index contributed by atoms with van der Waals surface area (Å²) in [7, 11) is 0. The van der Waals surface area contributed by atoms with E-state index in [9.17, 15) is 19.8 Å². The number of phenolic OH excluding ortho intramolecular Hbond substituents is 2. The Bertz CT molecular complexity index is 942. The van der Waals surface area contributed by atoms with Crippen LogP contribution in [0.2, 0.25) is 0 Å². The molecule has 0 spiro atoms. The number of carbonyl (C=O) groups excluding carboxylic acids is 2. The summed E-state index contributed by atoms with van der Waals surface area (Å²) < 4.78 is 10.3. The van der Waals surface area contributed by atoms with E-state index in [1.54, 1.807) is 0 Å². The zero-order valence-electron chi connectivity index (χ0n) is 19.3. The van der Waals surface area contributed by atoms with Gasteiger partial charge in [-0.1, -0.05) is 31.4 Å². The Kier molecular flexibility index (Phi) is 7.12. The molecule has 2 N–H and O–H groups in total. The molecule has 0 amide bonds. The summed E-state index contributed by atoms with van der Waals surface area (Å²) in [6.07, 6.45) is 5.09. The second kappa shape index (κ2) is 9.63. The van der Waals surface area contributed by atoms with Crippen LogP contribution in [0.3, 0.4) is 0 Å².